The lowest BCUT2D eigenvalue weighted by atomic mass is 10.1. The molecule has 2 unspecified atom stereocenters. The standard InChI is InChI=1S/C22H24N4OS/c1-14-18-20(23-10-9-15-5-3-2-4-6-15)24-13-25-21(18)28-19(14)22(27)26-12-16-7-8-17(26)11-16/h2-6,13,16-17H,7-12H2,1H3,(H,23,24,25). The van der Waals surface area contributed by atoms with Gasteiger partial charge in [0.05, 0.1) is 10.3 Å². The van der Waals surface area contributed by atoms with Crippen molar-refractivity contribution in [2.45, 2.75) is 38.6 Å². The van der Waals surface area contributed by atoms with Gasteiger partial charge in [0, 0.05) is 19.1 Å². The Hall–Kier alpha value is -2.47. The number of thiophene rings is 1. The third kappa shape index (κ3) is 3.05. The lowest BCUT2D eigenvalue weighted by Crippen LogP contribution is -2.37. The van der Waals surface area contributed by atoms with E-state index in [1.165, 1.54) is 29.7 Å². The Morgan fingerprint density at radius 3 is 2.86 bits per heavy atom. The van der Waals surface area contributed by atoms with Crippen LogP contribution in [0.3, 0.4) is 0 Å². The predicted molar refractivity (Wildman–Crippen MR) is 113 cm³/mol. The number of nitrogens with zero attached hydrogens (tertiary/aromatic N) is 3. The van der Waals surface area contributed by atoms with Crippen LogP contribution < -0.4 is 5.32 Å². The molecule has 1 aromatic carbocycles. The van der Waals surface area contributed by atoms with E-state index in [4.69, 9.17) is 0 Å². The molecule has 2 bridgehead atoms. The van der Waals surface area contributed by atoms with Gasteiger partial charge in [-0.05, 0) is 49.7 Å². The molecule has 0 spiro atoms. The number of fused-ring (bicyclic) bond motifs is 3. The van der Waals surface area contributed by atoms with E-state index in [1.807, 2.05) is 13.0 Å². The van der Waals surface area contributed by atoms with Crippen LogP contribution in [0.2, 0.25) is 0 Å². The van der Waals surface area contributed by atoms with Crippen LogP contribution >= 0.6 is 11.3 Å². The van der Waals surface area contributed by atoms with Crippen LogP contribution in [0.1, 0.15) is 40.1 Å². The van der Waals surface area contributed by atoms with E-state index in [2.05, 4.69) is 44.5 Å². The number of aryl methyl sites for hydroxylation is 1. The summed E-state index contributed by atoms with van der Waals surface area (Å²) in [6.07, 6.45) is 6.14. The molecule has 144 valence electrons. The SMILES string of the molecule is Cc1c(C(=O)N2CC3CCC2C3)sc2ncnc(NCCc3ccccc3)c12. The van der Waals surface area contributed by atoms with E-state index in [1.54, 1.807) is 6.33 Å². The molecule has 3 aromatic rings. The van der Waals surface area contributed by atoms with E-state index in [0.717, 1.165) is 52.4 Å². The average molecular weight is 393 g/mol. The summed E-state index contributed by atoms with van der Waals surface area (Å²) in [5, 5.41) is 4.45. The van der Waals surface area contributed by atoms with Gasteiger partial charge in [-0.3, -0.25) is 4.79 Å². The van der Waals surface area contributed by atoms with Crippen molar-refractivity contribution in [2.24, 2.45) is 5.92 Å². The summed E-state index contributed by atoms with van der Waals surface area (Å²) in [4.78, 5) is 25.9. The van der Waals surface area contributed by atoms with Gasteiger partial charge in [0.15, 0.2) is 0 Å². The van der Waals surface area contributed by atoms with Crippen molar-refractivity contribution in [1.29, 1.82) is 0 Å². The van der Waals surface area contributed by atoms with E-state index in [9.17, 15) is 4.79 Å². The Bertz CT molecular complexity index is 1020. The lowest BCUT2D eigenvalue weighted by Gasteiger charge is -2.26. The third-order valence-electron chi connectivity index (χ3n) is 6.14. The second-order valence-electron chi connectivity index (χ2n) is 7.91. The zero-order valence-corrected chi connectivity index (χ0v) is 16.8. The zero-order chi connectivity index (χ0) is 19.1. The first-order chi connectivity index (χ1) is 13.7. The fourth-order valence-corrected chi connectivity index (χ4v) is 5.79. The molecule has 2 aromatic heterocycles. The number of aromatic nitrogens is 2. The van der Waals surface area contributed by atoms with Gasteiger partial charge in [-0.15, -0.1) is 11.3 Å². The molecule has 0 radical (unpaired) electrons. The Kier molecular flexibility index (Phi) is 4.51. The minimum atomic E-state index is 0.183. The number of nitrogens with one attached hydrogen (secondary N) is 1. The summed E-state index contributed by atoms with van der Waals surface area (Å²) in [7, 11) is 0. The third-order valence-corrected chi connectivity index (χ3v) is 7.33. The molecule has 1 aliphatic heterocycles. The summed E-state index contributed by atoms with van der Waals surface area (Å²) in [5.74, 6) is 1.72. The van der Waals surface area contributed by atoms with Crippen LogP contribution in [0.5, 0.6) is 0 Å². The molecule has 2 fully saturated rings. The lowest BCUT2D eigenvalue weighted by molar-refractivity contribution is 0.0708. The van der Waals surface area contributed by atoms with Crippen molar-refractivity contribution in [1.82, 2.24) is 14.9 Å². The van der Waals surface area contributed by atoms with Crippen LogP contribution in [-0.4, -0.2) is 39.9 Å². The van der Waals surface area contributed by atoms with E-state index in [-0.39, 0.29) is 5.91 Å². The van der Waals surface area contributed by atoms with Crippen LogP contribution in [0.4, 0.5) is 5.82 Å². The van der Waals surface area contributed by atoms with E-state index < -0.39 is 0 Å². The van der Waals surface area contributed by atoms with Crippen LogP contribution in [0, 0.1) is 12.8 Å². The highest BCUT2D eigenvalue weighted by Gasteiger charge is 2.41. The fourth-order valence-electron chi connectivity index (χ4n) is 4.68. The van der Waals surface area contributed by atoms with Gasteiger partial charge >= 0.3 is 0 Å². The summed E-state index contributed by atoms with van der Waals surface area (Å²) in [5.41, 5.74) is 2.30. The number of carbonyl (C=O) groups is 1. The second-order valence-corrected chi connectivity index (χ2v) is 8.91. The highest BCUT2D eigenvalue weighted by molar-refractivity contribution is 7.20. The quantitative estimate of drug-likeness (QED) is 0.704. The maximum Gasteiger partial charge on any atom is 0.264 e. The van der Waals surface area contributed by atoms with Gasteiger partial charge < -0.3 is 10.2 Å². The van der Waals surface area contributed by atoms with Gasteiger partial charge in [-0.25, -0.2) is 9.97 Å². The first kappa shape index (κ1) is 17.6. The first-order valence-electron chi connectivity index (χ1n) is 10.0. The molecule has 1 saturated heterocycles. The molecule has 1 saturated carbocycles. The van der Waals surface area contributed by atoms with E-state index in [0.29, 0.717) is 12.0 Å². The molecule has 3 heterocycles. The number of anilines is 1. The second kappa shape index (κ2) is 7.17. The van der Waals surface area contributed by atoms with Gasteiger partial charge in [-0.2, -0.15) is 0 Å². The summed E-state index contributed by atoms with van der Waals surface area (Å²) in [6.45, 7) is 3.75. The molecular weight excluding hydrogens is 368 g/mol. The van der Waals surface area contributed by atoms with Gasteiger partial charge in [0.2, 0.25) is 0 Å². The summed E-state index contributed by atoms with van der Waals surface area (Å²) >= 11 is 1.51. The predicted octanol–water partition coefficient (Wildman–Crippen LogP) is 4.28. The van der Waals surface area contributed by atoms with Crippen molar-refractivity contribution >= 4 is 33.3 Å². The van der Waals surface area contributed by atoms with Crippen molar-refractivity contribution < 1.29 is 4.79 Å². The minimum absolute atomic E-state index is 0.183. The van der Waals surface area contributed by atoms with Crippen LogP contribution in [-0.2, 0) is 6.42 Å². The van der Waals surface area contributed by atoms with Crippen molar-refractivity contribution in [2.75, 3.05) is 18.4 Å². The Morgan fingerprint density at radius 1 is 1.25 bits per heavy atom. The van der Waals surface area contributed by atoms with Gasteiger partial charge in [-0.1, -0.05) is 30.3 Å². The molecule has 2 aliphatic rings. The largest absolute Gasteiger partial charge is 0.369 e. The number of rotatable bonds is 5. The van der Waals surface area contributed by atoms with Gasteiger partial charge in [0.1, 0.15) is 17.0 Å². The smallest absolute Gasteiger partial charge is 0.264 e. The molecule has 6 heteroatoms. The number of piperidine rings is 1. The fraction of sp³-hybridized carbons (Fsp3) is 0.409. The highest BCUT2D eigenvalue weighted by Crippen LogP contribution is 2.40. The van der Waals surface area contributed by atoms with Crippen LogP contribution in [0.25, 0.3) is 10.2 Å². The number of hydrogen-bond donors (Lipinski definition) is 1. The summed E-state index contributed by atoms with van der Waals surface area (Å²) in [6, 6.07) is 10.9. The molecule has 1 N–H and O–H groups in total. The summed E-state index contributed by atoms with van der Waals surface area (Å²) < 4.78 is 0. The normalized spacial score (nSPS) is 20.8. The molecule has 5 rings (SSSR count). The Morgan fingerprint density at radius 2 is 2.11 bits per heavy atom. The number of benzene rings is 1. The number of amides is 1. The Labute approximate surface area is 168 Å². The number of likely N-dealkylation sites (tertiary alicyclic amines) is 1. The molecule has 1 aliphatic carbocycles. The van der Waals surface area contributed by atoms with Crippen molar-refractivity contribution in [3.63, 3.8) is 0 Å². The molecule has 28 heavy (non-hydrogen) atoms. The van der Waals surface area contributed by atoms with Gasteiger partial charge in [0.25, 0.3) is 5.91 Å². The van der Waals surface area contributed by atoms with E-state index >= 15 is 0 Å². The topological polar surface area (TPSA) is 58.1 Å². The minimum Gasteiger partial charge on any atom is -0.369 e. The zero-order valence-electron chi connectivity index (χ0n) is 16.0. The maximum atomic E-state index is 13.2. The molecule has 2 atom stereocenters. The molecular formula is C22H24N4OS. The molecule has 5 nitrogen and oxygen atoms in total. The highest BCUT2D eigenvalue weighted by atomic mass is 32.1. The maximum absolute atomic E-state index is 13.2. The molecule has 1 amide bonds. The van der Waals surface area contributed by atoms with Crippen LogP contribution in [0.15, 0.2) is 36.7 Å². The first-order valence-corrected chi connectivity index (χ1v) is 10.8. The number of carbonyl (C=O) groups excluding carboxylic acids is 1. The Balaban J connectivity index is 1.38. The van der Waals surface area contributed by atoms with Crippen molar-refractivity contribution in [3.05, 3.63) is 52.7 Å². The average Bonchev–Trinajstić information content (AvgIpc) is 3.43. The number of hydrogen-bond acceptors (Lipinski definition) is 5. The van der Waals surface area contributed by atoms with Crippen molar-refractivity contribution in [3.8, 4) is 0 Å². The monoisotopic (exact) mass is 392 g/mol.